The first-order valence-corrected chi connectivity index (χ1v) is 12.2. The van der Waals surface area contributed by atoms with E-state index in [1.807, 2.05) is 37.3 Å². The zero-order valence-electron chi connectivity index (χ0n) is 20.7. The van der Waals surface area contributed by atoms with Gasteiger partial charge < -0.3 is 28.8 Å². The minimum Gasteiger partial charge on any atom is -0.871 e. The van der Waals surface area contributed by atoms with Crippen LogP contribution in [0.15, 0.2) is 48.2 Å². The fourth-order valence-corrected chi connectivity index (χ4v) is 5.22. The summed E-state index contributed by atoms with van der Waals surface area (Å²) in [5, 5.41) is 14.1. The number of carbonyl (C=O) groups is 2. The number of quaternary nitrogens is 1. The van der Waals surface area contributed by atoms with Gasteiger partial charge in [-0.15, -0.1) is 0 Å². The number of fused-ring (bicyclic) bond motifs is 1. The number of Topliss-reactive ketones (excluding diaryl/α,β-unsaturated/α-hetero) is 1. The van der Waals surface area contributed by atoms with E-state index >= 15 is 0 Å². The molecule has 1 N–H and O–H groups in total. The number of methoxy groups -OCH3 is 1. The van der Waals surface area contributed by atoms with Gasteiger partial charge in [-0.25, -0.2) is 4.98 Å². The largest absolute Gasteiger partial charge is 0.871 e. The summed E-state index contributed by atoms with van der Waals surface area (Å²) >= 11 is 0. The number of ketones is 1. The molecule has 0 radical (unpaired) electrons. The number of morpholine rings is 1. The number of likely N-dealkylation sites (tertiary alicyclic amines) is 1. The van der Waals surface area contributed by atoms with Gasteiger partial charge in [0.15, 0.2) is 0 Å². The maximum Gasteiger partial charge on any atom is 0.295 e. The number of rotatable bonds is 6. The van der Waals surface area contributed by atoms with Crippen LogP contribution in [-0.2, 0) is 14.3 Å². The lowest BCUT2D eigenvalue weighted by molar-refractivity contribution is -0.907. The summed E-state index contributed by atoms with van der Waals surface area (Å²) < 4.78 is 12.7. The number of aromatic nitrogens is 2. The maximum atomic E-state index is 14.1. The molecular weight excluding hydrogens is 460 g/mol. The van der Waals surface area contributed by atoms with Gasteiger partial charge in [-0.1, -0.05) is 30.0 Å². The van der Waals surface area contributed by atoms with E-state index in [-0.39, 0.29) is 5.57 Å². The first-order chi connectivity index (χ1) is 17.4. The Morgan fingerprint density at radius 2 is 1.92 bits per heavy atom. The number of nitrogens with one attached hydrogen (secondary N) is 1. The molecule has 3 aromatic rings. The molecule has 5 rings (SSSR count). The quantitative estimate of drug-likeness (QED) is 0.299. The number of para-hydroxylation sites is 1. The van der Waals surface area contributed by atoms with Crippen molar-refractivity contribution in [1.29, 1.82) is 0 Å². The van der Waals surface area contributed by atoms with Crippen LogP contribution in [0.1, 0.15) is 28.6 Å². The number of nitrogens with zero attached hydrogens (tertiary/aromatic N) is 3. The Morgan fingerprint density at radius 3 is 2.67 bits per heavy atom. The first-order valence-electron chi connectivity index (χ1n) is 12.2. The molecule has 2 aliphatic rings. The molecular formula is C27H30N4O5. The van der Waals surface area contributed by atoms with Gasteiger partial charge in [-0.3, -0.25) is 9.59 Å². The molecule has 9 nitrogen and oxygen atoms in total. The van der Waals surface area contributed by atoms with Crippen LogP contribution in [-0.4, -0.2) is 72.5 Å². The van der Waals surface area contributed by atoms with Gasteiger partial charge in [-0.2, -0.15) is 0 Å². The average Bonchev–Trinajstić information content (AvgIpc) is 3.37. The van der Waals surface area contributed by atoms with Crippen molar-refractivity contribution in [3.8, 4) is 5.75 Å². The third kappa shape index (κ3) is 4.04. The number of ether oxygens (including phenoxy) is 2. The highest BCUT2D eigenvalue weighted by Crippen LogP contribution is 2.42. The fraction of sp³-hybridized carbons (Fsp3) is 0.370. The predicted molar refractivity (Wildman–Crippen MR) is 130 cm³/mol. The monoisotopic (exact) mass is 490 g/mol. The number of benzene rings is 1. The molecule has 36 heavy (non-hydrogen) atoms. The van der Waals surface area contributed by atoms with E-state index in [4.69, 9.17) is 9.47 Å². The second-order valence-corrected chi connectivity index (χ2v) is 9.26. The smallest absolute Gasteiger partial charge is 0.295 e. The molecule has 0 aliphatic carbocycles. The average molecular weight is 491 g/mol. The van der Waals surface area contributed by atoms with Crippen molar-refractivity contribution in [1.82, 2.24) is 14.3 Å². The van der Waals surface area contributed by atoms with Crippen molar-refractivity contribution in [2.45, 2.75) is 19.9 Å². The van der Waals surface area contributed by atoms with Gasteiger partial charge in [0.25, 0.3) is 5.91 Å². The van der Waals surface area contributed by atoms with E-state index in [0.717, 1.165) is 18.7 Å². The van der Waals surface area contributed by atoms with E-state index in [2.05, 4.69) is 4.98 Å². The molecule has 1 atom stereocenters. The Bertz CT molecular complexity index is 1360. The van der Waals surface area contributed by atoms with E-state index in [9.17, 15) is 14.7 Å². The number of hydrogen-bond acceptors (Lipinski definition) is 6. The first kappa shape index (κ1) is 24.0. The fourth-order valence-electron chi connectivity index (χ4n) is 5.22. The maximum absolute atomic E-state index is 14.1. The van der Waals surface area contributed by atoms with Gasteiger partial charge in [0.2, 0.25) is 5.78 Å². The minimum absolute atomic E-state index is 0.0621. The van der Waals surface area contributed by atoms with Crippen LogP contribution in [0.5, 0.6) is 5.75 Å². The van der Waals surface area contributed by atoms with Gasteiger partial charge in [-0.05, 0) is 31.5 Å². The van der Waals surface area contributed by atoms with Crippen LogP contribution in [0.25, 0.3) is 11.4 Å². The molecule has 0 spiro atoms. The summed E-state index contributed by atoms with van der Waals surface area (Å²) in [6.07, 6.45) is 1.76. The summed E-state index contributed by atoms with van der Waals surface area (Å²) in [5.41, 5.74) is 2.92. The normalized spacial score (nSPS) is 20.4. The second kappa shape index (κ2) is 9.75. The van der Waals surface area contributed by atoms with Crippen LogP contribution in [0.2, 0.25) is 0 Å². The number of amides is 1. The van der Waals surface area contributed by atoms with Crippen molar-refractivity contribution in [2.24, 2.45) is 0 Å². The summed E-state index contributed by atoms with van der Waals surface area (Å²) in [6.45, 7) is 7.67. The van der Waals surface area contributed by atoms with E-state index in [0.29, 0.717) is 54.7 Å². The van der Waals surface area contributed by atoms with Crippen molar-refractivity contribution in [2.75, 3.05) is 46.5 Å². The molecule has 2 saturated heterocycles. The summed E-state index contributed by atoms with van der Waals surface area (Å²) in [6, 6.07) is 10.1. The SMILES string of the molecule is COc1ccccc1C1C(=C([O-])c2c(C)nc3c(C)cccn23)C(=O)C(=O)N1CC[NH+]1CCOCC1. The lowest BCUT2D eigenvalue weighted by atomic mass is 9.95. The zero-order valence-corrected chi connectivity index (χ0v) is 20.7. The molecule has 1 aromatic carbocycles. The molecule has 2 aliphatic heterocycles. The number of imidazole rings is 1. The molecule has 9 heteroatoms. The topological polar surface area (TPSA) is 101 Å². The minimum atomic E-state index is -0.844. The molecule has 2 aromatic heterocycles. The Balaban J connectivity index is 1.65. The third-order valence-electron chi connectivity index (χ3n) is 7.10. The summed E-state index contributed by atoms with van der Waals surface area (Å²) in [7, 11) is 1.54. The Morgan fingerprint density at radius 1 is 1.17 bits per heavy atom. The van der Waals surface area contributed by atoms with Crippen molar-refractivity contribution in [3.63, 3.8) is 0 Å². The highest BCUT2D eigenvalue weighted by atomic mass is 16.5. The third-order valence-corrected chi connectivity index (χ3v) is 7.10. The molecule has 0 saturated carbocycles. The molecule has 2 fully saturated rings. The molecule has 188 valence electrons. The lowest BCUT2D eigenvalue weighted by Gasteiger charge is -2.30. The molecule has 0 bridgehead atoms. The Hall–Kier alpha value is -3.69. The van der Waals surface area contributed by atoms with Crippen molar-refractivity contribution < 1.29 is 29.1 Å². The van der Waals surface area contributed by atoms with Crippen molar-refractivity contribution in [3.05, 3.63) is 70.7 Å². The Labute approximate surface area is 209 Å². The summed E-state index contributed by atoms with van der Waals surface area (Å²) in [4.78, 5) is 34.2. The van der Waals surface area contributed by atoms with Crippen LogP contribution >= 0.6 is 0 Å². The second-order valence-electron chi connectivity index (χ2n) is 9.26. The Kier molecular flexibility index (Phi) is 6.51. The number of pyridine rings is 1. The number of aryl methyl sites for hydroxylation is 2. The molecule has 4 heterocycles. The van der Waals surface area contributed by atoms with Crippen LogP contribution in [0.4, 0.5) is 0 Å². The lowest BCUT2D eigenvalue weighted by Crippen LogP contribution is -3.14. The van der Waals surface area contributed by atoms with Gasteiger partial charge in [0.05, 0.1) is 50.8 Å². The highest BCUT2D eigenvalue weighted by Gasteiger charge is 2.45. The van der Waals surface area contributed by atoms with Crippen molar-refractivity contribution >= 4 is 23.1 Å². The highest BCUT2D eigenvalue weighted by molar-refractivity contribution is 6.46. The summed E-state index contributed by atoms with van der Waals surface area (Å²) in [5.74, 6) is -1.40. The number of hydrogen-bond donors (Lipinski definition) is 1. The van der Waals surface area contributed by atoms with Gasteiger partial charge in [0, 0.05) is 17.3 Å². The van der Waals surface area contributed by atoms with E-state index in [1.165, 1.54) is 9.80 Å². The predicted octanol–water partition coefficient (Wildman–Crippen LogP) is 0.0988. The standard InChI is InChI=1S/C27H30N4O5/c1-17-7-6-10-30-22(18(2)28-26(17)30)24(32)21-23(19-8-4-5-9-20(19)35-3)31(27(34)25(21)33)12-11-29-13-15-36-16-14-29/h4-10,23,32H,11-16H2,1-3H3. The molecule has 1 amide bonds. The van der Waals surface area contributed by atoms with Crippen LogP contribution in [0, 0.1) is 13.8 Å². The van der Waals surface area contributed by atoms with Gasteiger partial charge in [0.1, 0.15) is 24.5 Å². The van der Waals surface area contributed by atoms with E-state index in [1.54, 1.807) is 30.7 Å². The van der Waals surface area contributed by atoms with Crippen LogP contribution < -0.4 is 14.7 Å². The molecule has 1 unspecified atom stereocenters. The number of carbonyl (C=O) groups excluding carboxylic acids is 2. The zero-order chi connectivity index (χ0) is 25.4. The van der Waals surface area contributed by atoms with Gasteiger partial charge >= 0.3 is 0 Å². The van der Waals surface area contributed by atoms with Crippen LogP contribution in [0.3, 0.4) is 0 Å². The van der Waals surface area contributed by atoms with E-state index < -0.39 is 23.5 Å².